The van der Waals surface area contributed by atoms with Gasteiger partial charge in [0.15, 0.2) is 0 Å². The van der Waals surface area contributed by atoms with E-state index in [-0.39, 0.29) is 0 Å². The Morgan fingerprint density at radius 2 is 2.20 bits per heavy atom. The Morgan fingerprint density at radius 3 is 2.20 bits per heavy atom. The first kappa shape index (κ1) is 4.83. The van der Waals surface area contributed by atoms with Crippen LogP contribution in [0.15, 0.2) is 24.1 Å². The molecule has 0 saturated heterocycles. The van der Waals surface area contributed by atoms with Crippen molar-refractivity contribution >= 4 is 12.6 Å². The lowest BCUT2D eigenvalue weighted by Gasteiger charge is -1.55. The summed E-state index contributed by atoms with van der Waals surface area (Å²) >= 11 is 3.75. The summed E-state index contributed by atoms with van der Waals surface area (Å²) in [6, 6.07) is 0. The van der Waals surface area contributed by atoms with Gasteiger partial charge in [-0.3, -0.25) is 0 Å². The van der Waals surface area contributed by atoms with Gasteiger partial charge in [-0.25, -0.2) is 0 Å². The molecule has 0 amide bonds. The summed E-state index contributed by atoms with van der Waals surface area (Å²) in [5.41, 5.74) is 0. The fourth-order valence-corrected chi connectivity index (χ4v) is 0.183. The summed E-state index contributed by atoms with van der Waals surface area (Å²) in [5.74, 6) is 0. The molecule has 0 unspecified atom stereocenters. The van der Waals surface area contributed by atoms with E-state index in [4.69, 9.17) is 0 Å². The maximum absolute atomic E-state index is 3.75. The van der Waals surface area contributed by atoms with Crippen molar-refractivity contribution < 1.29 is 0 Å². The van der Waals surface area contributed by atoms with Gasteiger partial charge in [0, 0.05) is 0 Å². The van der Waals surface area contributed by atoms with Gasteiger partial charge in [0.2, 0.25) is 0 Å². The van der Waals surface area contributed by atoms with Crippen LogP contribution in [0.3, 0.4) is 0 Å². The minimum atomic E-state index is 1.63. The standard InChI is InChI=1S/C4H6S/c1-2-3-4-5/h2-5H,1H2. The third kappa shape index (κ3) is 3.83. The number of thiol groups is 1. The molecule has 0 N–H and O–H groups in total. The largest absolute Gasteiger partial charge is 0.151 e. The molecule has 0 fully saturated rings. The number of hydrogen-bond acceptors (Lipinski definition) is 1. The number of hydrogen-bond donors (Lipinski definition) is 1. The van der Waals surface area contributed by atoms with Crippen LogP contribution in [0.1, 0.15) is 0 Å². The van der Waals surface area contributed by atoms with Crippen molar-refractivity contribution in [2.75, 3.05) is 0 Å². The first-order valence-electron chi connectivity index (χ1n) is 1.33. The second-order valence-electron chi connectivity index (χ2n) is 0.577. The molecule has 0 rings (SSSR count). The van der Waals surface area contributed by atoms with Crippen LogP contribution < -0.4 is 0 Å². The highest BCUT2D eigenvalue weighted by Crippen LogP contribution is 1.73. The molecule has 0 heterocycles. The summed E-state index contributed by atoms with van der Waals surface area (Å²) in [6.45, 7) is 3.41. The zero-order valence-electron chi connectivity index (χ0n) is 2.89. The average molecular weight is 86.2 g/mol. The third-order valence-corrected chi connectivity index (χ3v) is 0.394. The van der Waals surface area contributed by atoms with Crippen LogP contribution in [0.25, 0.3) is 0 Å². The first-order chi connectivity index (χ1) is 2.41. The maximum Gasteiger partial charge on any atom is -0.0324 e. The minimum absolute atomic E-state index is 1.63. The van der Waals surface area contributed by atoms with Crippen molar-refractivity contribution in [1.82, 2.24) is 0 Å². The molecule has 0 radical (unpaired) electrons. The van der Waals surface area contributed by atoms with Gasteiger partial charge in [-0.1, -0.05) is 18.7 Å². The van der Waals surface area contributed by atoms with Crippen molar-refractivity contribution in [2.45, 2.75) is 0 Å². The van der Waals surface area contributed by atoms with Gasteiger partial charge in [-0.05, 0) is 5.41 Å². The molecule has 28 valence electrons. The highest BCUT2D eigenvalue weighted by molar-refractivity contribution is 7.83. The Morgan fingerprint density at radius 1 is 1.60 bits per heavy atom. The SMILES string of the molecule is C=CC=CS. The van der Waals surface area contributed by atoms with E-state index in [2.05, 4.69) is 19.2 Å². The monoisotopic (exact) mass is 86.0 g/mol. The van der Waals surface area contributed by atoms with E-state index in [0.29, 0.717) is 0 Å². The Labute approximate surface area is 37.6 Å². The van der Waals surface area contributed by atoms with Gasteiger partial charge in [0.05, 0.1) is 0 Å². The van der Waals surface area contributed by atoms with Gasteiger partial charge >= 0.3 is 0 Å². The highest BCUT2D eigenvalue weighted by Gasteiger charge is 1.42. The molecule has 0 aromatic rings. The van der Waals surface area contributed by atoms with Crippen LogP contribution in [-0.2, 0) is 0 Å². The Bertz CT molecular complexity index is 45.6. The summed E-state index contributed by atoms with van der Waals surface area (Å²) in [7, 11) is 0. The lowest BCUT2D eigenvalue weighted by molar-refractivity contribution is 2.13. The Kier molecular flexibility index (Phi) is 3.70. The van der Waals surface area contributed by atoms with E-state index in [1.54, 1.807) is 17.6 Å². The lowest BCUT2D eigenvalue weighted by atomic mass is 10.6. The summed E-state index contributed by atoms with van der Waals surface area (Å²) < 4.78 is 0. The quantitative estimate of drug-likeness (QED) is 0.364. The van der Waals surface area contributed by atoms with Crippen molar-refractivity contribution in [3.05, 3.63) is 24.1 Å². The highest BCUT2D eigenvalue weighted by atomic mass is 32.1. The zero-order valence-corrected chi connectivity index (χ0v) is 3.78. The smallest absolute Gasteiger partial charge is 0.0324 e. The fourth-order valence-electron chi connectivity index (χ4n) is 0.0609. The molecular formula is C4H6S. The van der Waals surface area contributed by atoms with Crippen LogP contribution >= 0.6 is 12.6 Å². The molecule has 1 heteroatoms. The van der Waals surface area contributed by atoms with Crippen LogP contribution in [0, 0.1) is 0 Å². The molecule has 0 aliphatic rings. The molecule has 0 spiro atoms. The average Bonchev–Trinajstić information content (AvgIpc) is 1.41. The molecular weight excluding hydrogens is 80.1 g/mol. The van der Waals surface area contributed by atoms with Gasteiger partial charge in [-0.2, -0.15) is 12.6 Å². The molecule has 0 saturated carbocycles. The van der Waals surface area contributed by atoms with Crippen molar-refractivity contribution in [3.8, 4) is 0 Å². The zero-order chi connectivity index (χ0) is 4.12. The third-order valence-electron chi connectivity index (χ3n) is 0.222. The number of rotatable bonds is 1. The van der Waals surface area contributed by atoms with E-state index in [1.165, 1.54) is 0 Å². The predicted octanol–water partition coefficient (Wildman–Crippen LogP) is 1.62. The van der Waals surface area contributed by atoms with Crippen LogP contribution in [0.2, 0.25) is 0 Å². The summed E-state index contributed by atoms with van der Waals surface area (Å²) in [5, 5.41) is 1.63. The van der Waals surface area contributed by atoms with E-state index < -0.39 is 0 Å². The first-order valence-corrected chi connectivity index (χ1v) is 1.85. The molecule has 0 aliphatic heterocycles. The Balaban J connectivity index is 2.92. The summed E-state index contributed by atoms with van der Waals surface area (Å²) in [6.07, 6.45) is 3.43. The van der Waals surface area contributed by atoms with Crippen molar-refractivity contribution in [1.29, 1.82) is 0 Å². The maximum atomic E-state index is 3.75. The van der Waals surface area contributed by atoms with Crippen LogP contribution in [0.4, 0.5) is 0 Å². The van der Waals surface area contributed by atoms with Crippen molar-refractivity contribution in [3.63, 3.8) is 0 Å². The van der Waals surface area contributed by atoms with Crippen LogP contribution in [0.5, 0.6) is 0 Å². The minimum Gasteiger partial charge on any atom is -0.151 e. The second kappa shape index (κ2) is 3.83. The topological polar surface area (TPSA) is 0 Å². The molecule has 0 aliphatic carbocycles. The molecule has 0 aromatic heterocycles. The van der Waals surface area contributed by atoms with Crippen molar-refractivity contribution in [2.24, 2.45) is 0 Å². The molecule has 0 bridgehead atoms. The van der Waals surface area contributed by atoms with E-state index in [9.17, 15) is 0 Å². The van der Waals surface area contributed by atoms with Crippen LogP contribution in [-0.4, -0.2) is 0 Å². The van der Waals surface area contributed by atoms with Gasteiger partial charge < -0.3 is 0 Å². The fraction of sp³-hybridized carbons (Fsp3) is 0. The molecule has 0 atom stereocenters. The normalized spacial score (nSPS) is 9.00. The molecule has 5 heavy (non-hydrogen) atoms. The number of allylic oxidation sites excluding steroid dienone is 2. The van der Waals surface area contributed by atoms with Gasteiger partial charge in [-0.15, -0.1) is 0 Å². The van der Waals surface area contributed by atoms with Gasteiger partial charge in [0.25, 0.3) is 0 Å². The second-order valence-corrected chi connectivity index (χ2v) is 0.875. The molecule has 0 aromatic carbocycles. The summed E-state index contributed by atoms with van der Waals surface area (Å²) in [4.78, 5) is 0. The van der Waals surface area contributed by atoms with E-state index in [1.807, 2.05) is 0 Å². The Hall–Kier alpha value is -0.170. The molecule has 0 nitrogen and oxygen atoms in total. The van der Waals surface area contributed by atoms with E-state index >= 15 is 0 Å². The lowest BCUT2D eigenvalue weighted by Crippen LogP contribution is -1.29. The van der Waals surface area contributed by atoms with E-state index in [0.717, 1.165) is 0 Å². The predicted molar refractivity (Wildman–Crippen MR) is 28.3 cm³/mol. The van der Waals surface area contributed by atoms with Gasteiger partial charge in [0.1, 0.15) is 0 Å².